The molecule has 0 atom stereocenters. The molecule has 0 saturated carbocycles. The largest absolute Gasteiger partial charge is 0.478 e. The lowest BCUT2D eigenvalue weighted by atomic mass is 10.1. The highest BCUT2D eigenvalue weighted by molar-refractivity contribution is 7.89. The molecule has 8 heteroatoms. The molecule has 0 aromatic heterocycles. The van der Waals surface area contributed by atoms with Crippen LogP contribution in [0.4, 0.5) is 5.69 Å². The molecule has 1 aromatic rings. The number of carboxylic acids is 1. The minimum atomic E-state index is -3.91. The fraction of sp³-hybridized carbons (Fsp3) is 0.364. The van der Waals surface area contributed by atoms with Gasteiger partial charge >= 0.3 is 5.97 Å². The van der Waals surface area contributed by atoms with Crippen molar-refractivity contribution >= 4 is 21.7 Å². The molecular formula is C11H14N2O5S. The topological polar surface area (TPSA) is 110 Å². The number of primary sulfonamides is 1. The van der Waals surface area contributed by atoms with E-state index >= 15 is 0 Å². The van der Waals surface area contributed by atoms with Gasteiger partial charge in [-0.3, -0.25) is 0 Å². The summed E-state index contributed by atoms with van der Waals surface area (Å²) in [5.41, 5.74) is 0.400. The van der Waals surface area contributed by atoms with E-state index in [2.05, 4.69) is 0 Å². The Morgan fingerprint density at radius 1 is 1.32 bits per heavy atom. The van der Waals surface area contributed by atoms with Gasteiger partial charge in [-0.25, -0.2) is 18.4 Å². The number of ether oxygens (including phenoxy) is 1. The predicted octanol–water partition coefficient (Wildman–Crippen LogP) is -0.131. The molecular weight excluding hydrogens is 272 g/mol. The van der Waals surface area contributed by atoms with E-state index in [0.717, 1.165) is 6.07 Å². The predicted molar refractivity (Wildman–Crippen MR) is 67.8 cm³/mol. The van der Waals surface area contributed by atoms with Crippen LogP contribution in [0.3, 0.4) is 0 Å². The third-order valence-corrected chi connectivity index (χ3v) is 3.79. The van der Waals surface area contributed by atoms with Crippen molar-refractivity contribution in [2.45, 2.75) is 4.90 Å². The van der Waals surface area contributed by atoms with Crippen molar-refractivity contribution < 1.29 is 23.1 Å². The summed E-state index contributed by atoms with van der Waals surface area (Å²) in [6.07, 6.45) is 0. The third kappa shape index (κ3) is 3.03. The summed E-state index contributed by atoms with van der Waals surface area (Å²) < 4.78 is 27.7. The molecule has 1 fully saturated rings. The van der Waals surface area contributed by atoms with Crippen LogP contribution in [0, 0.1) is 0 Å². The summed E-state index contributed by atoms with van der Waals surface area (Å²) in [7, 11) is -3.91. The number of carboxylic acid groups (broad SMARTS) is 1. The average Bonchev–Trinajstić information content (AvgIpc) is 2.38. The SMILES string of the molecule is NS(=O)(=O)c1ccc(N2CCOCC2)c(C(=O)O)c1. The van der Waals surface area contributed by atoms with E-state index < -0.39 is 16.0 Å². The maximum Gasteiger partial charge on any atom is 0.337 e. The van der Waals surface area contributed by atoms with Crippen LogP contribution in [-0.2, 0) is 14.8 Å². The molecule has 1 aliphatic rings. The second-order valence-corrected chi connectivity index (χ2v) is 5.69. The number of benzene rings is 1. The number of hydrogen-bond acceptors (Lipinski definition) is 5. The minimum absolute atomic E-state index is 0.0755. The van der Waals surface area contributed by atoms with Crippen LogP contribution < -0.4 is 10.0 Å². The van der Waals surface area contributed by atoms with Crippen molar-refractivity contribution in [2.75, 3.05) is 31.2 Å². The van der Waals surface area contributed by atoms with Crippen LogP contribution >= 0.6 is 0 Å². The standard InChI is InChI=1S/C11H14N2O5S/c12-19(16,17)8-1-2-10(9(7-8)11(14)15)13-3-5-18-6-4-13/h1-2,7H,3-6H2,(H,14,15)(H2,12,16,17). The zero-order valence-electron chi connectivity index (χ0n) is 10.1. The van der Waals surface area contributed by atoms with E-state index in [4.69, 9.17) is 9.88 Å². The summed E-state index contributed by atoms with van der Waals surface area (Å²) in [4.78, 5) is 12.9. The number of morpholine rings is 1. The summed E-state index contributed by atoms with van der Waals surface area (Å²) >= 11 is 0. The zero-order chi connectivity index (χ0) is 14.0. The fourth-order valence-electron chi connectivity index (χ4n) is 1.94. The highest BCUT2D eigenvalue weighted by Gasteiger charge is 2.21. The van der Waals surface area contributed by atoms with Crippen LogP contribution in [-0.4, -0.2) is 45.8 Å². The number of nitrogens with zero attached hydrogens (tertiary/aromatic N) is 1. The molecule has 0 aliphatic carbocycles. The van der Waals surface area contributed by atoms with E-state index in [9.17, 15) is 18.3 Å². The van der Waals surface area contributed by atoms with E-state index in [0.29, 0.717) is 32.0 Å². The fourth-order valence-corrected chi connectivity index (χ4v) is 2.48. The molecule has 1 aromatic carbocycles. The summed E-state index contributed by atoms with van der Waals surface area (Å²) in [5.74, 6) is -1.19. The van der Waals surface area contributed by atoms with Crippen LogP contribution in [0.5, 0.6) is 0 Å². The lowest BCUT2D eigenvalue weighted by molar-refractivity contribution is 0.0696. The van der Waals surface area contributed by atoms with Crippen molar-refractivity contribution in [3.05, 3.63) is 23.8 Å². The molecule has 7 nitrogen and oxygen atoms in total. The van der Waals surface area contributed by atoms with Crippen molar-refractivity contribution in [2.24, 2.45) is 5.14 Å². The first-order chi connectivity index (χ1) is 8.89. The Morgan fingerprint density at radius 3 is 2.47 bits per heavy atom. The van der Waals surface area contributed by atoms with E-state index in [1.54, 1.807) is 0 Å². The van der Waals surface area contributed by atoms with Gasteiger partial charge in [0.1, 0.15) is 0 Å². The highest BCUT2D eigenvalue weighted by atomic mass is 32.2. The van der Waals surface area contributed by atoms with Gasteiger partial charge in [-0.1, -0.05) is 0 Å². The number of carbonyl (C=O) groups is 1. The lowest BCUT2D eigenvalue weighted by Crippen LogP contribution is -2.37. The van der Waals surface area contributed by atoms with E-state index in [-0.39, 0.29) is 10.5 Å². The molecule has 0 amide bonds. The molecule has 19 heavy (non-hydrogen) atoms. The van der Waals surface area contributed by atoms with Gasteiger partial charge in [0.2, 0.25) is 10.0 Å². The molecule has 0 spiro atoms. The summed E-state index contributed by atoms with van der Waals surface area (Å²) in [5, 5.41) is 14.2. The van der Waals surface area contributed by atoms with Gasteiger partial charge < -0.3 is 14.7 Å². The molecule has 1 aliphatic heterocycles. The molecule has 1 saturated heterocycles. The number of hydrogen-bond donors (Lipinski definition) is 2. The molecule has 0 unspecified atom stereocenters. The van der Waals surface area contributed by atoms with Gasteiger partial charge in [-0.15, -0.1) is 0 Å². The normalized spacial score (nSPS) is 16.4. The Bertz CT molecular complexity index is 593. The van der Waals surface area contributed by atoms with Crippen LogP contribution in [0.1, 0.15) is 10.4 Å². The maximum atomic E-state index is 11.3. The Labute approximate surface area is 110 Å². The molecule has 1 heterocycles. The Balaban J connectivity index is 2.46. The van der Waals surface area contributed by atoms with Gasteiger partial charge in [0.15, 0.2) is 0 Å². The van der Waals surface area contributed by atoms with Crippen molar-refractivity contribution in [1.29, 1.82) is 0 Å². The Morgan fingerprint density at radius 2 is 1.95 bits per heavy atom. The quantitative estimate of drug-likeness (QED) is 0.801. The van der Waals surface area contributed by atoms with Crippen molar-refractivity contribution in [1.82, 2.24) is 0 Å². The molecule has 2 rings (SSSR count). The smallest absolute Gasteiger partial charge is 0.337 e. The van der Waals surface area contributed by atoms with Crippen LogP contribution in [0.2, 0.25) is 0 Å². The highest BCUT2D eigenvalue weighted by Crippen LogP contribution is 2.24. The molecule has 0 bridgehead atoms. The number of anilines is 1. The first-order valence-electron chi connectivity index (χ1n) is 5.62. The number of aromatic carboxylic acids is 1. The number of rotatable bonds is 3. The average molecular weight is 286 g/mol. The third-order valence-electron chi connectivity index (χ3n) is 2.88. The first kappa shape index (κ1) is 13.8. The van der Waals surface area contributed by atoms with Gasteiger partial charge in [0.25, 0.3) is 0 Å². The number of sulfonamides is 1. The second kappa shape index (κ2) is 5.16. The van der Waals surface area contributed by atoms with Gasteiger partial charge in [-0.05, 0) is 18.2 Å². The van der Waals surface area contributed by atoms with Gasteiger partial charge in [0, 0.05) is 13.1 Å². The van der Waals surface area contributed by atoms with E-state index in [1.165, 1.54) is 12.1 Å². The van der Waals surface area contributed by atoms with Crippen LogP contribution in [0.15, 0.2) is 23.1 Å². The monoisotopic (exact) mass is 286 g/mol. The van der Waals surface area contributed by atoms with E-state index in [1.807, 2.05) is 4.90 Å². The number of nitrogens with two attached hydrogens (primary N) is 1. The van der Waals surface area contributed by atoms with Crippen molar-refractivity contribution in [3.63, 3.8) is 0 Å². The lowest BCUT2D eigenvalue weighted by Gasteiger charge is -2.30. The summed E-state index contributed by atoms with van der Waals surface area (Å²) in [6, 6.07) is 3.86. The maximum absolute atomic E-state index is 11.3. The second-order valence-electron chi connectivity index (χ2n) is 4.13. The molecule has 3 N–H and O–H groups in total. The first-order valence-corrected chi connectivity index (χ1v) is 7.17. The molecule has 0 radical (unpaired) electrons. The van der Waals surface area contributed by atoms with Gasteiger partial charge in [0.05, 0.1) is 29.4 Å². The van der Waals surface area contributed by atoms with Crippen LogP contribution in [0.25, 0.3) is 0 Å². The minimum Gasteiger partial charge on any atom is -0.478 e. The zero-order valence-corrected chi connectivity index (χ0v) is 10.9. The Kier molecular flexibility index (Phi) is 3.74. The van der Waals surface area contributed by atoms with Crippen molar-refractivity contribution in [3.8, 4) is 0 Å². The summed E-state index contributed by atoms with van der Waals surface area (Å²) in [6.45, 7) is 2.15. The van der Waals surface area contributed by atoms with Gasteiger partial charge in [-0.2, -0.15) is 0 Å². The molecule has 104 valence electrons. The Hall–Kier alpha value is -1.64.